The number of hydrogen-bond acceptors (Lipinski definition) is 4. The summed E-state index contributed by atoms with van der Waals surface area (Å²) in [5.74, 6) is 0.270. The minimum Gasteiger partial charge on any atom is -0.374 e. The Morgan fingerprint density at radius 2 is 2.07 bits per heavy atom. The molecule has 0 saturated carbocycles. The van der Waals surface area contributed by atoms with Crippen molar-refractivity contribution in [2.45, 2.75) is 20.0 Å². The van der Waals surface area contributed by atoms with Crippen LogP contribution in [-0.2, 0) is 4.74 Å². The molecule has 1 rings (SSSR count). The van der Waals surface area contributed by atoms with Crippen LogP contribution < -0.4 is 5.32 Å². The Morgan fingerprint density at radius 1 is 1.43 bits per heavy atom. The maximum absolute atomic E-state index is 13.3. The summed E-state index contributed by atoms with van der Waals surface area (Å²) in [6.07, 6.45) is -0.235. The maximum Gasteiger partial charge on any atom is 0.186 e. The number of aryl methyl sites for hydroxylation is 1. The number of ether oxygens (including phenoxy) is 1. The van der Waals surface area contributed by atoms with Crippen molar-refractivity contribution in [2.75, 3.05) is 19.5 Å². The van der Waals surface area contributed by atoms with E-state index in [-0.39, 0.29) is 11.9 Å². The summed E-state index contributed by atoms with van der Waals surface area (Å²) in [4.78, 5) is 8.00. The van der Waals surface area contributed by atoms with Gasteiger partial charge in [-0.2, -0.15) is 0 Å². The minimum absolute atomic E-state index is 0.205. The molecule has 1 atom stereocenters. The van der Waals surface area contributed by atoms with E-state index < -0.39 is 5.82 Å². The summed E-state index contributed by atoms with van der Waals surface area (Å²) in [6, 6.07) is 0. The first-order valence-electron chi connectivity index (χ1n) is 4.34. The zero-order valence-electron chi connectivity index (χ0n) is 8.76. The van der Waals surface area contributed by atoms with E-state index in [0.717, 1.165) is 0 Å². The van der Waals surface area contributed by atoms with Gasteiger partial charge in [0.25, 0.3) is 0 Å². The lowest BCUT2D eigenvalue weighted by Crippen LogP contribution is -2.09. The molecule has 5 heteroatoms. The highest BCUT2D eigenvalue weighted by molar-refractivity contribution is 5.37. The molecule has 1 aromatic rings. The first kappa shape index (κ1) is 10.8. The number of nitrogens with one attached hydrogen (secondary N) is 1. The van der Waals surface area contributed by atoms with E-state index in [1.54, 1.807) is 21.1 Å². The summed E-state index contributed by atoms with van der Waals surface area (Å²) < 4.78 is 18.4. The van der Waals surface area contributed by atoms with Crippen molar-refractivity contribution in [3.63, 3.8) is 0 Å². The summed E-state index contributed by atoms with van der Waals surface area (Å²) in [5.41, 5.74) is 0.322. The summed E-state index contributed by atoms with van der Waals surface area (Å²) in [6.45, 7) is 3.41. The Bertz CT molecular complexity index is 330. The number of hydrogen-bond donors (Lipinski definition) is 1. The zero-order valence-corrected chi connectivity index (χ0v) is 8.76. The van der Waals surface area contributed by atoms with Gasteiger partial charge in [0.2, 0.25) is 0 Å². The smallest absolute Gasteiger partial charge is 0.186 e. The predicted octanol–water partition coefficient (Wildman–Crippen LogP) is 1.67. The average molecular weight is 199 g/mol. The van der Waals surface area contributed by atoms with Gasteiger partial charge < -0.3 is 10.1 Å². The van der Waals surface area contributed by atoms with Crippen LogP contribution in [0.15, 0.2) is 0 Å². The third-order valence-corrected chi connectivity index (χ3v) is 1.99. The molecule has 0 radical (unpaired) electrons. The van der Waals surface area contributed by atoms with Gasteiger partial charge in [0.15, 0.2) is 17.5 Å². The predicted molar refractivity (Wildman–Crippen MR) is 51.7 cm³/mol. The van der Waals surface area contributed by atoms with E-state index in [1.807, 2.05) is 6.92 Å². The molecular weight excluding hydrogens is 185 g/mol. The molecule has 1 heterocycles. The van der Waals surface area contributed by atoms with E-state index in [2.05, 4.69) is 15.3 Å². The summed E-state index contributed by atoms with van der Waals surface area (Å²) in [7, 11) is 3.18. The van der Waals surface area contributed by atoms with Crippen LogP contribution in [0.4, 0.5) is 10.2 Å². The molecule has 0 amide bonds. The number of methoxy groups -OCH3 is 1. The molecule has 4 nitrogen and oxygen atoms in total. The van der Waals surface area contributed by atoms with Crippen molar-refractivity contribution in [3.8, 4) is 0 Å². The molecule has 0 spiro atoms. The topological polar surface area (TPSA) is 47.0 Å². The van der Waals surface area contributed by atoms with Crippen molar-refractivity contribution in [3.05, 3.63) is 17.3 Å². The van der Waals surface area contributed by atoms with Crippen LogP contribution in [0.2, 0.25) is 0 Å². The quantitative estimate of drug-likeness (QED) is 0.804. The van der Waals surface area contributed by atoms with Crippen LogP contribution in [0.5, 0.6) is 0 Å². The fourth-order valence-electron chi connectivity index (χ4n) is 1.03. The van der Waals surface area contributed by atoms with E-state index in [9.17, 15) is 4.39 Å². The third-order valence-electron chi connectivity index (χ3n) is 1.99. The number of rotatable bonds is 3. The summed E-state index contributed by atoms with van der Waals surface area (Å²) in [5, 5.41) is 2.67. The Hall–Kier alpha value is -1.23. The lowest BCUT2D eigenvalue weighted by Gasteiger charge is -2.11. The lowest BCUT2D eigenvalue weighted by molar-refractivity contribution is 0.112. The van der Waals surface area contributed by atoms with Gasteiger partial charge in [-0.1, -0.05) is 0 Å². The molecule has 1 N–H and O–H groups in total. The largest absolute Gasteiger partial charge is 0.374 e. The molecule has 0 aromatic carbocycles. The van der Waals surface area contributed by atoms with Gasteiger partial charge in [-0.25, -0.2) is 14.4 Å². The standard InChI is InChI=1S/C9H14FN3O/c1-5-7(10)9(11-3)13-8(12-5)6(2)14-4/h6H,1-4H3,(H,11,12,13). The first-order valence-corrected chi connectivity index (χ1v) is 4.34. The Balaban J connectivity index is 3.16. The number of aromatic nitrogens is 2. The molecule has 0 fully saturated rings. The highest BCUT2D eigenvalue weighted by Crippen LogP contribution is 2.18. The average Bonchev–Trinajstić information content (AvgIpc) is 2.20. The number of halogens is 1. The van der Waals surface area contributed by atoms with E-state index in [4.69, 9.17) is 4.74 Å². The van der Waals surface area contributed by atoms with Gasteiger partial charge in [-0.3, -0.25) is 0 Å². The van der Waals surface area contributed by atoms with Crippen molar-refractivity contribution in [2.24, 2.45) is 0 Å². The Morgan fingerprint density at radius 3 is 2.57 bits per heavy atom. The fraction of sp³-hybridized carbons (Fsp3) is 0.556. The molecule has 78 valence electrons. The normalized spacial score (nSPS) is 12.6. The molecule has 0 aliphatic carbocycles. The van der Waals surface area contributed by atoms with E-state index >= 15 is 0 Å². The third kappa shape index (κ3) is 1.98. The molecule has 0 bridgehead atoms. The van der Waals surface area contributed by atoms with Crippen LogP contribution in [-0.4, -0.2) is 24.1 Å². The second-order valence-corrected chi connectivity index (χ2v) is 2.96. The molecule has 14 heavy (non-hydrogen) atoms. The Kier molecular flexibility index (Phi) is 3.35. The molecule has 0 aliphatic rings. The second kappa shape index (κ2) is 4.32. The minimum atomic E-state index is -0.417. The van der Waals surface area contributed by atoms with E-state index in [0.29, 0.717) is 11.5 Å². The maximum atomic E-state index is 13.3. The van der Waals surface area contributed by atoms with Crippen molar-refractivity contribution in [1.82, 2.24) is 9.97 Å². The highest BCUT2D eigenvalue weighted by atomic mass is 19.1. The van der Waals surface area contributed by atoms with Crippen LogP contribution in [0.1, 0.15) is 24.5 Å². The van der Waals surface area contributed by atoms with Crippen LogP contribution >= 0.6 is 0 Å². The molecule has 0 aliphatic heterocycles. The van der Waals surface area contributed by atoms with Gasteiger partial charge in [-0.05, 0) is 13.8 Å². The van der Waals surface area contributed by atoms with Crippen LogP contribution in [0.3, 0.4) is 0 Å². The highest BCUT2D eigenvalue weighted by Gasteiger charge is 2.14. The van der Waals surface area contributed by atoms with Gasteiger partial charge in [0, 0.05) is 14.2 Å². The summed E-state index contributed by atoms with van der Waals surface area (Å²) >= 11 is 0. The first-order chi connectivity index (χ1) is 6.60. The van der Waals surface area contributed by atoms with Gasteiger partial charge in [-0.15, -0.1) is 0 Å². The van der Waals surface area contributed by atoms with Crippen LogP contribution in [0.25, 0.3) is 0 Å². The van der Waals surface area contributed by atoms with Crippen molar-refractivity contribution >= 4 is 5.82 Å². The zero-order chi connectivity index (χ0) is 10.7. The van der Waals surface area contributed by atoms with Gasteiger partial charge >= 0.3 is 0 Å². The second-order valence-electron chi connectivity index (χ2n) is 2.96. The Labute approximate surface area is 82.5 Å². The van der Waals surface area contributed by atoms with Crippen LogP contribution in [0, 0.1) is 12.7 Å². The van der Waals surface area contributed by atoms with E-state index in [1.165, 1.54) is 0 Å². The lowest BCUT2D eigenvalue weighted by atomic mass is 10.3. The molecule has 0 saturated heterocycles. The molecule has 1 unspecified atom stereocenters. The van der Waals surface area contributed by atoms with Gasteiger partial charge in [0.05, 0.1) is 5.69 Å². The molecular formula is C9H14FN3O. The van der Waals surface area contributed by atoms with Gasteiger partial charge in [0.1, 0.15) is 6.10 Å². The SMILES string of the molecule is CNc1nc(C(C)OC)nc(C)c1F. The number of anilines is 1. The van der Waals surface area contributed by atoms with Crippen molar-refractivity contribution < 1.29 is 9.13 Å². The molecule has 1 aromatic heterocycles. The fourth-order valence-corrected chi connectivity index (χ4v) is 1.03. The number of nitrogens with zero attached hydrogens (tertiary/aromatic N) is 2. The monoisotopic (exact) mass is 199 g/mol. The van der Waals surface area contributed by atoms with Crippen molar-refractivity contribution in [1.29, 1.82) is 0 Å².